The van der Waals surface area contributed by atoms with Gasteiger partial charge in [0, 0.05) is 0 Å². The van der Waals surface area contributed by atoms with Gasteiger partial charge >= 0.3 is 6.09 Å². The van der Waals surface area contributed by atoms with Crippen molar-refractivity contribution in [2.75, 3.05) is 13.2 Å². The van der Waals surface area contributed by atoms with Crippen LogP contribution in [-0.4, -0.2) is 42.1 Å². The molecule has 2 aromatic carbocycles. The van der Waals surface area contributed by atoms with E-state index < -0.39 is 24.1 Å². The van der Waals surface area contributed by atoms with E-state index in [0.717, 1.165) is 10.5 Å². The lowest BCUT2D eigenvalue weighted by Crippen LogP contribution is -2.44. The van der Waals surface area contributed by atoms with Crippen LogP contribution in [0.4, 0.5) is 4.79 Å². The lowest BCUT2D eigenvalue weighted by molar-refractivity contribution is -0.130. The number of hydrogen-bond acceptors (Lipinski definition) is 5. The molecule has 2 unspecified atom stereocenters. The molecular weight excluding hydrogens is 348 g/mol. The molecule has 27 heavy (non-hydrogen) atoms. The Morgan fingerprint density at radius 2 is 1.74 bits per heavy atom. The fourth-order valence-electron chi connectivity index (χ4n) is 2.71. The van der Waals surface area contributed by atoms with Gasteiger partial charge in [-0.15, -0.1) is 0 Å². The fourth-order valence-corrected chi connectivity index (χ4v) is 2.71. The van der Waals surface area contributed by atoms with Gasteiger partial charge in [0.05, 0.1) is 12.6 Å². The van der Waals surface area contributed by atoms with Crippen molar-refractivity contribution in [3.05, 3.63) is 66.2 Å². The Hall–Kier alpha value is -3.35. The van der Waals surface area contributed by atoms with E-state index in [9.17, 15) is 14.4 Å². The third-order valence-electron chi connectivity index (χ3n) is 4.15. The third-order valence-corrected chi connectivity index (χ3v) is 4.15. The minimum absolute atomic E-state index is 0.00846. The molecule has 0 bridgehead atoms. The highest BCUT2D eigenvalue weighted by molar-refractivity contribution is 5.97. The molecule has 7 heteroatoms. The first-order valence-electron chi connectivity index (χ1n) is 8.58. The zero-order valence-electron chi connectivity index (χ0n) is 14.8. The monoisotopic (exact) mass is 368 g/mol. The van der Waals surface area contributed by atoms with E-state index in [-0.39, 0.29) is 19.1 Å². The van der Waals surface area contributed by atoms with Crippen molar-refractivity contribution < 1.29 is 23.9 Å². The molecule has 0 aromatic heterocycles. The molecule has 0 spiro atoms. The van der Waals surface area contributed by atoms with Crippen LogP contribution in [0, 0.1) is 0 Å². The number of cyclic esters (lactones) is 1. The molecule has 1 aliphatic heterocycles. The van der Waals surface area contributed by atoms with E-state index in [1.54, 1.807) is 19.1 Å². The van der Waals surface area contributed by atoms with E-state index in [2.05, 4.69) is 5.32 Å². The number of rotatable bonds is 7. The Bertz CT molecular complexity index is 794. The fraction of sp³-hybridized carbons (Fsp3) is 0.250. The van der Waals surface area contributed by atoms with Crippen molar-refractivity contribution in [1.29, 1.82) is 0 Å². The summed E-state index contributed by atoms with van der Waals surface area (Å²) in [6, 6.07) is 17.6. The number of imide groups is 1. The Kier molecular flexibility index (Phi) is 5.71. The Morgan fingerprint density at radius 3 is 2.33 bits per heavy atom. The molecule has 0 saturated carbocycles. The number of hydrogen-bond donors (Lipinski definition) is 1. The second-order valence-corrected chi connectivity index (χ2v) is 6.10. The Balaban J connectivity index is 1.71. The van der Waals surface area contributed by atoms with Crippen LogP contribution < -0.4 is 10.1 Å². The zero-order valence-corrected chi connectivity index (χ0v) is 14.8. The summed E-state index contributed by atoms with van der Waals surface area (Å²) in [6.45, 7) is 1.35. The second-order valence-electron chi connectivity index (χ2n) is 6.10. The largest absolute Gasteiger partial charge is 0.481 e. The molecule has 1 fully saturated rings. The van der Waals surface area contributed by atoms with E-state index in [1.165, 1.54) is 0 Å². The van der Waals surface area contributed by atoms with Gasteiger partial charge in [-0.2, -0.15) is 0 Å². The number of ether oxygens (including phenoxy) is 2. The predicted octanol–water partition coefficient (Wildman–Crippen LogP) is 2.29. The quantitative estimate of drug-likeness (QED) is 0.811. The summed E-state index contributed by atoms with van der Waals surface area (Å²) >= 11 is 0. The van der Waals surface area contributed by atoms with E-state index in [4.69, 9.17) is 9.47 Å². The molecule has 2 aromatic rings. The van der Waals surface area contributed by atoms with Gasteiger partial charge in [0.1, 0.15) is 5.75 Å². The molecule has 0 aliphatic carbocycles. The summed E-state index contributed by atoms with van der Waals surface area (Å²) in [7, 11) is 0. The number of nitrogens with zero attached hydrogens (tertiary/aromatic N) is 1. The number of nitrogens with one attached hydrogen (secondary N) is 1. The highest BCUT2D eigenvalue weighted by Crippen LogP contribution is 2.18. The van der Waals surface area contributed by atoms with Crippen LogP contribution in [0.5, 0.6) is 5.75 Å². The minimum Gasteiger partial charge on any atom is -0.481 e. The molecule has 2 atom stereocenters. The molecule has 1 saturated heterocycles. The summed E-state index contributed by atoms with van der Waals surface area (Å²) in [6.07, 6.45) is -1.45. The van der Waals surface area contributed by atoms with Crippen LogP contribution >= 0.6 is 0 Å². The van der Waals surface area contributed by atoms with Gasteiger partial charge < -0.3 is 14.8 Å². The van der Waals surface area contributed by atoms with Gasteiger partial charge in [-0.3, -0.25) is 9.59 Å². The highest BCUT2D eigenvalue weighted by Gasteiger charge is 2.34. The molecule has 1 aliphatic rings. The van der Waals surface area contributed by atoms with Crippen LogP contribution in [0.25, 0.3) is 0 Å². The van der Waals surface area contributed by atoms with Crippen molar-refractivity contribution >= 4 is 17.9 Å². The summed E-state index contributed by atoms with van der Waals surface area (Å²) in [5.41, 5.74) is 0.769. The normalized spacial score (nSPS) is 15.8. The van der Waals surface area contributed by atoms with E-state index in [1.807, 2.05) is 48.5 Å². The van der Waals surface area contributed by atoms with Gasteiger partial charge in [0.25, 0.3) is 11.8 Å². The first-order chi connectivity index (χ1) is 13.0. The maximum absolute atomic E-state index is 12.6. The van der Waals surface area contributed by atoms with Gasteiger partial charge in [-0.1, -0.05) is 48.5 Å². The number of benzene rings is 2. The first kappa shape index (κ1) is 18.4. The molecule has 0 radical (unpaired) electrons. The molecule has 140 valence electrons. The van der Waals surface area contributed by atoms with Crippen LogP contribution in [0.3, 0.4) is 0 Å². The summed E-state index contributed by atoms with van der Waals surface area (Å²) < 4.78 is 10.4. The Labute approximate surface area is 156 Å². The smallest absolute Gasteiger partial charge is 0.417 e. The van der Waals surface area contributed by atoms with Crippen molar-refractivity contribution in [3.8, 4) is 5.75 Å². The second kappa shape index (κ2) is 8.35. The SMILES string of the molecule is CC(Oc1ccccc1)C(=O)NC(CN1C(=O)COC1=O)c1ccccc1. The lowest BCUT2D eigenvalue weighted by Gasteiger charge is -2.24. The zero-order chi connectivity index (χ0) is 19.2. The van der Waals surface area contributed by atoms with Crippen molar-refractivity contribution in [3.63, 3.8) is 0 Å². The summed E-state index contributed by atoms with van der Waals surface area (Å²) in [4.78, 5) is 37.2. The maximum atomic E-state index is 12.6. The average Bonchev–Trinajstić information content (AvgIpc) is 3.00. The number of para-hydroxylation sites is 1. The van der Waals surface area contributed by atoms with Gasteiger partial charge in [-0.05, 0) is 24.6 Å². The van der Waals surface area contributed by atoms with Crippen molar-refractivity contribution in [2.45, 2.75) is 19.1 Å². The molecular formula is C20H20N2O5. The first-order valence-corrected chi connectivity index (χ1v) is 8.58. The highest BCUT2D eigenvalue weighted by atomic mass is 16.6. The molecule has 7 nitrogen and oxygen atoms in total. The topological polar surface area (TPSA) is 84.9 Å². The van der Waals surface area contributed by atoms with Gasteiger partial charge in [0.2, 0.25) is 0 Å². The Morgan fingerprint density at radius 1 is 1.11 bits per heavy atom. The van der Waals surface area contributed by atoms with Crippen molar-refractivity contribution in [2.24, 2.45) is 0 Å². The maximum Gasteiger partial charge on any atom is 0.417 e. The van der Waals surface area contributed by atoms with Crippen LogP contribution in [-0.2, 0) is 14.3 Å². The number of amides is 3. The van der Waals surface area contributed by atoms with Crippen LogP contribution in [0.1, 0.15) is 18.5 Å². The molecule has 3 amide bonds. The van der Waals surface area contributed by atoms with Gasteiger partial charge in [-0.25, -0.2) is 9.69 Å². The number of carbonyl (C=O) groups is 3. The third kappa shape index (κ3) is 4.63. The van der Waals surface area contributed by atoms with Gasteiger partial charge in [0.15, 0.2) is 12.7 Å². The van der Waals surface area contributed by atoms with Crippen LogP contribution in [0.2, 0.25) is 0 Å². The standard InChI is InChI=1S/C20H20N2O5/c1-14(27-16-10-6-3-7-11-16)19(24)21-17(15-8-4-2-5-9-15)12-22-18(23)13-26-20(22)25/h2-11,14,17H,12-13H2,1H3,(H,21,24). The summed E-state index contributed by atoms with van der Waals surface area (Å²) in [5, 5.41) is 2.86. The average molecular weight is 368 g/mol. The molecule has 1 N–H and O–H groups in total. The molecule has 3 rings (SSSR count). The lowest BCUT2D eigenvalue weighted by atomic mass is 10.1. The minimum atomic E-state index is -0.750. The van der Waals surface area contributed by atoms with Crippen LogP contribution in [0.15, 0.2) is 60.7 Å². The predicted molar refractivity (Wildman–Crippen MR) is 96.9 cm³/mol. The van der Waals surface area contributed by atoms with E-state index in [0.29, 0.717) is 5.75 Å². The van der Waals surface area contributed by atoms with Crippen molar-refractivity contribution in [1.82, 2.24) is 10.2 Å². The van der Waals surface area contributed by atoms with E-state index >= 15 is 0 Å². The summed E-state index contributed by atoms with van der Waals surface area (Å²) in [5.74, 6) is -0.203. The molecule has 1 heterocycles. The number of carbonyl (C=O) groups excluding carboxylic acids is 3.